The number of hydrogen-bond donors (Lipinski definition) is 1. The third kappa shape index (κ3) is 2.51. The van der Waals surface area contributed by atoms with E-state index in [9.17, 15) is 0 Å². The van der Waals surface area contributed by atoms with Crippen molar-refractivity contribution in [1.29, 1.82) is 0 Å². The van der Waals surface area contributed by atoms with Gasteiger partial charge < -0.3 is 5.73 Å². The number of halogens is 1. The smallest absolute Gasteiger partial charge is 0.101 e. The van der Waals surface area contributed by atoms with Gasteiger partial charge in [-0.25, -0.2) is 4.98 Å². The minimum Gasteiger partial charge on any atom is -0.329 e. The average Bonchev–Trinajstić information content (AvgIpc) is 2.69. The number of nitrogens with zero attached hydrogens (tertiary/aromatic N) is 1. The lowest BCUT2D eigenvalue weighted by Gasteiger charge is -2.28. The summed E-state index contributed by atoms with van der Waals surface area (Å²) >= 11 is 7.84. The van der Waals surface area contributed by atoms with Gasteiger partial charge in [0.2, 0.25) is 0 Å². The Morgan fingerprint density at radius 1 is 1.21 bits per heavy atom. The summed E-state index contributed by atoms with van der Waals surface area (Å²) in [6.45, 7) is 0.709. The van der Waals surface area contributed by atoms with Crippen molar-refractivity contribution in [2.24, 2.45) is 5.73 Å². The molecule has 4 heteroatoms. The quantitative estimate of drug-likeness (QED) is 0.828. The highest BCUT2D eigenvalue weighted by atomic mass is 35.5. The lowest BCUT2D eigenvalue weighted by molar-refractivity contribution is 0.380. The molecule has 0 aliphatic heterocycles. The molecule has 1 aromatic heterocycles. The molecule has 1 aliphatic rings. The zero-order valence-corrected chi connectivity index (χ0v) is 12.6. The Morgan fingerprint density at radius 3 is 2.63 bits per heavy atom. The first-order chi connectivity index (χ1) is 9.23. The van der Waals surface area contributed by atoms with Crippen molar-refractivity contribution in [2.45, 2.75) is 43.9 Å². The van der Waals surface area contributed by atoms with E-state index in [1.165, 1.54) is 48.2 Å². The second kappa shape index (κ2) is 5.39. The van der Waals surface area contributed by atoms with Crippen LogP contribution in [0.3, 0.4) is 0 Å². The number of aromatic nitrogens is 1. The maximum absolute atomic E-state index is 6.13. The van der Waals surface area contributed by atoms with Crippen molar-refractivity contribution in [3.05, 3.63) is 28.2 Å². The van der Waals surface area contributed by atoms with Crippen molar-refractivity contribution >= 4 is 33.2 Å². The molecule has 0 atom stereocenters. The number of thiazole rings is 1. The van der Waals surface area contributed by atoms with Crippen LogP contribution in [0.15, 0.2) is 18.2 Å². The molecule has 0 bridgehead atoms. The molecule has 102 valence electrons. The molecule has 2 aromatic rings. The van der Waals surface area contributed by atoms with E-state index < -0.39 is 0 Å². The van der Waals surface area contributed by atoms with Gasteiger partial charge in [-0.15, -0.1) is 11.3 Å². The van der Waals surface area contributed by atoms with Gasteiger partial charge in [0.05, 0.1) is 10.2 Å². The Balaban J connectivity index is 2.04. The van der Waals surface area contributed by atoms with E-state index in [4.69, 9.17) is 22.3 Å². The maximum atomic E-state index is 6.13. The number of hydrogen-bond acceptors (Lipinski definition) is 3. The van der Waals surface area contributed by atoms with E-state index in [0.717, 1.165) is 10.5 Å². The largest absolute Gasteiger partial charge is 0.329 e. The molecule has 0 spiro atoms. The van der Waals surface area contributed by atoms with Crippen molar-refractivity contribution in [3.8, 4) is 0 Å². The van der Waals surface area contributed by atoms with Crippen LogP contribution in [-0.4, -0.2) is 11.5 Å². The normalized spacial score (nSPS) is 19.5. The first-order valence-corrected chi connectivity index (χ1v) is 8.20. The lowest BCUT2D eigenvalue weighted by Crippen LogP contribution is -2.34. The summed E-state index contributed by atoms with van der Waals surface area (Å²) in [4.78, 5) is 4.84. The van der Waals surface area contributed by atoms with Gasteiger partial charge in [0.1, 0.15) is 5.01 Å². The maximum Gasteiger partial charge on any atom is 0.101 e. The van der Waals surface area contributed by atoms with Crippen LogP contribution in [0.1, 0.15) is 43.5 Å². The Labute approximate surface area is 123 Å². The first kappa shape index (κ1) is 13.3. The molecule has 1 saturated carbocycles. The van der Waals surface area contributed by atoms with Gasteiger partial charge >= 0.3 is 0 Å². The Morgan fingerprint density at radius 2 is 1.95 bits per heavy atom. The summed E-state index contributed by atoms with van der Waals surface area (Å²) in [5.41, 5.74) is 7.29. The number of rotatable bonds is 2. The van der Waals surface area contributed by atoms with Crippen LogP contribution in [-0.2, 0) is 5.41 Å². The fourth-order valence-electron chi connectivity index (χ4n) is 3.04. The van der Waals surface area contributed by atoms with Gasteiger partial charge in [-0.3, -0.25) is 0 Å². The average molecular weight is 295 g/mol. The molecule has 0 unspecified atom stereocenters. The van der Waals surface area contributed by atoms with Crippen LogP contribution in [0.25, 0.3) is 10.2 Å². The molecule has 0 saturated heterocycles. The topological polar surface area (TPSA) is 38.9 Å². The van der Waals surface area contributed by atoms with Crippen molar-refractivity contribution < 1.29 is 0 Å². The molecule has 1 fully saturated rings. The highest BCUT2D eigenvalue weighted by molar-refractivity contribution is 7.18. The van der Waals surface area contributed by atoms with Crippen molar-refractivity contribution in [3.63, 3.8) is 0 Å². The van der Waals surface area contributed by atoms with Crippen LogP contribution >= 0.6 is 22.9 Å². The summed E-state index contributed by atoms with van der Waals surface area (Å²) in [5.74, 6) is 0. The minimum atomic E-state index is 0.104. The van der Waals surface area contributed by atoms with Crippen LogP contribution in [0.5, 0.6) is 0 Å². The van der Waals surface area contributed by atoms with Crippen LogP contribution < -0.4 is 5.73 Å². The predicted molar refractivity (Wildman–Crippen MR) is 83.1 cm³/mol. The van der Waals surface area contributed by atoms with Crippen molar-refractivity contribution in [1.82, 2.24) is 4.98 Å². The molecule has 1 aromatic carbocycles. The molecule has 1 heterocycles. The fraction of sp³-hybridized carbons (Fsp3) is 0.533. The second-order valence-electron chi connectivity index (χ2n) is 5.53. The van der Waals surface area contributed by atoms with E-state index in [0.29, 0.717) is 6.54 Å². The fourth-order valence-corrected chi connectivity index (χ4v) is 4.53. The van der Waals surface area contributed by atoms with Crippen molar-refractivity contribution in [2.75, 3.05) is 6.54 Å². The third-order valence-corrected chi connectivity index (χ3v) is 5.76. The van der Waals surface area contributed by atoms with E-state index in [1.807, 2.05) is 18.2 Å². The predicted octanol–water partition coefficient (Wildman–Crippen LogP) is 4.50. The Bertz CT molecular complexity index is 571. The third-order valence-electron chi connectivity index (χ3n) is 4.26. The molecular formula is C15H19ClN2S. The highest BCUT2D eigenvalue weighted by Gasteiger charge is 2.34. The van der Waals surface area contributed by atoms with Gasteiger partial charge in [0.25, 0.3) is 0 Å². The number of benzene rings is 1. The Kier molecular flexibility index (Phi) is 3.79. The zero-order chi connectivity index (χ0) is 13.3. The van der Waals surface area contributed by atoms with Crippen LogP contribution in [0.4, 0.5) is 0 Å². The van der Waals surface area contributed by atoms with Gasteiger partial charge in [0, 0.05) is 17.0 Å². The van der Waals surface area contributed by atoms with Crippen LogP contribution in [0.2, 0.25) is 5.02 Å². The molecule has 2 nitrogen and oxygen atoms in total. The summed E-state index contributed by atoms with van der Waals surface area (Å²) < 4.78 is 1.18. The van der Waals surface area contributed by atoms with Gasteiger partial charge in [-0.05, 0) is 31.0 Å². The summed E-state index contributed by atoms with van der Waals surface area (Å²) in [7, 11) is 0. The summed E-state index contributed by atoms with van der Waals surface area (Å²) in [6, 6.07) is 5.94. The number of fused-ring (bicyclic) bond motifs is 1. The number of nitrogens with two attached hydrogens (primary N) is 1. The SMILES string of the molecule is NCC1(c2nc3ccc(Cl)cc3s2)CCCCCC1. The zero-order valence-electron chi connectivity index (χ0n) is 11.0. The van der Waals surface area contributed by atoms with E-state index >= 15 is 0 Å². The van der Waals surface area contributed by atoms with E-state index in [-0.39, 0.29) is 5.41 Å². The monoisotopic (exact) mass is 294 g/mol. The lowest BCUT2D eigenvalue weighted by atomic mass is 9.81. The molecule has 2 N–H and O–H groups in total. The minimum absolute atomic E-state index is 0.104. The van der Waals surface area contributed by atoms with Crippen LogP contribution in [0, 0.1) is 0 Å². The Hall–Kier alpha value is -0.640. The molecule has 0 radical (unpaired) electrons. The molecule has 19 heavy (non-hydrogen) atoms. The molecule has 1 aliphatic carbocycles. The van der Waals surface area contributed by atoms with E-state index in [2.05, 4.69) is 0 Å². The van der Waals surface area contributed by atoms with Gasteiger partial charge in [-0.1, -0.05) is 37.3 Å². The molecule has 0 amide bonds. The van der Waals surface area contributed by atoms with Gasteiger partial charge in [0.15, 0.2) is 0 Å². The molecule has 3 rings (SSSR count). The van der Waals surface area contributed by atoms with E-state index in [1.54, 1.807) is 11.3 Å². The molecular weight excluding hydrogens is 276 g/mol. The summed E-state index contributed by atoms with van der Waals surface area (Å²) in [6.07, 6.45) is 7.56. The summed E-state index contributed by atoms with van der Waals surface area (Å²) in [5, 5.41) is 2.00. The first-order valence-electron chi connectivity index (χ1n) is 7.00. The van der Waals surface area contributed by atoms with Gasteiger partial charge in [-0.2, -0.15) is 0 Å². The standard InChI is InChI=1S/C15H19ClN2S/c16-11-5-6-12-13(9-11)19-14(18-12)15(10-17)7-3-1-2-4-8-15/h5-6,9H,1-4,7-8,10,17H2. The highest BCUT2D eigenvalue weighted by Crippen LogP contribution is 2.41. The second-order valence-corrected chi connectivity index (χ2v) is 7.00.